The molecule has 3 amide bonds. The molecular formula is C18H25N3O8S. The smallest absolute Gasteiger partial charge is 0.426 e. The van der Waals surface area contributed by atoms with Gasteiger partial charge in [0, 0.05) is 25.4 Å². The summed E-state index contributed by atoms with van der Waals surface area (Å²) in [4.78, 5) is 36.6. The maximum absolute atomic E-state index is 11.8. The molecule has 12 heteroatoms. The van der Waals surface area contributed by atoms with E-state index in [-0.39, 0.29) is 42.8 Å². The first kappa shape index (κ1) is 23.3. The van der Waals surface area contributed by atoms with Gasteiger partial charge in [-0.1, -0.05) is 6.07 Å². The van der Waals surface area contributed by atoms with Gasteiger partial charge in [-0.2, -0.15) is 0 Å². The third-order valence-corrected chi connectivity index (χ3v) is 5.93. The van der Waals surface area contributed by atoms with Gasteiger partial charge in [0.15, 0.2) is 22.2 Å². The van der Waals surface area contributed by atoms with E-state index in [1.54, 1.807) is 13.0 Å². The van der Waals surface area contributed by atoms with Gasteiger partial charge in [-0.3, -0.25) is 15.0 Å². The molecule has 2 rings (SSSR count). The highest BCUT2D eigenvalue weighted by molar-refractivity contribution is 7.74. The number of aromatic hydroxyl groups is 2. The number of amides is 3. The van der Waals surface area contributed by atoms with Crippen LogP contribution in [0, 0.1) is 0 Å². The average molecular weight is 443 g/mol. The molecule has 0 aliphatic carbocycles. The third kappa shape index (κ3) is 5.99. The average Bonchev–Trinajstić information content (AvgIpc) is 2.69. The molecule has 4 N–H and O–H groups in total. The van der Waals surface area contributed by atoms with Crippen LogP contribution in [0.15, 0.2) is 18.2 Å². The summed E-state index contributed by atoms with van der Waals surface area (Å²) in [6.07, 6.45) is -0.476. The largest absolute Gasteiger partial charge is 0.504 e. The zero-order valence-corrected chi connectivity index (χ0v) is 17.5. The van der Waals surface area contributed by atoms with Crippen LogP contribution in [0.25, 0.3) is 0 Å². The van der Waals surface area contributed by atoms with Crippen molar-refractivity contribution in [2.75, 3.05) is 13.2 Å². The lowest BCUT2D eigenvalue weighted by Crippen LogP contribution is -2.58. The highest BCUT2D eigenvalue weighted by Gasteiger charge is 2.41. The molecule has 30 heavy (non-hydrogen) atoms. The fourth-order valence-corrected chi connectivity index (χ4v) is 3.24. The molecule has 11 nitrogen and oxygen atoms in total. The number of hydrazine groups is 1. The zero-order chi connectivity index (χ0) is 22.5. The van der Waals surface area contributed by atoms with Crippen molar-refractivity contribution < 1.29 is 37.8 Å². The molecule has 0 unspecified atom stereocenters. The van der Waals surface area contributed by atoms with E-state index in [0.29, 0.717) is 12.0 Å². The van der Waals surface area contributed by atoms with Gasteiger partial charge in [-0.25, -0.2) is 18.6 Å². The molecule has 1 aliphatic rings. The number of carbonyl (C=O) groups is 3. The minimum Gasteiger partial charge on any atom is -0.504 e. The summed E-state index contributed by atoms with van der Waals surface area (Å²) in [7, 11) is -3.00. The zero-order valence-electron chi connectivity index (χ0n) is 16.6. The lowest BCUT2D eigenvalue weighted by molar-refractivity contribution is -0.145. The van der Waals surface area contributed by atoms with E-state index < -0.39 is 34.1 Å². The van der Waals surface area contributed by atoms with Crippen molar-refractivity contribution in [1.82, 2.24) is 15.8 Å². The monoisotopic (exact) mass is 443 g/mol. The molecular weight excluding hydrogens is 418 g/mol. The van der Waals surface area contributed by atoms with Crippen molar-refractivity contribution in [3.05, 3.63) is 23.8 Å². The second kappa shape index (κ2) is 9.65. The number of nitrogens with zero attached hydrogens (tertiary/aromatic N) is 1. The molecule has 1 heterocycles. The second-order valence-corrected chi connectivity index (χ2v) is 9.00. The van der Waals surface area contributed by atoms with Crippen LogP contribution in [-0.2, 0) is 31.5 Å². The number of carbonyl (C=O) groups excluding carboxylic acids is 3. The topological polar surface area (TPSA) is 162 Å². The van der Waals surface area contributed by atoms with Crippen LogP contribution in [0.4, 0.5) is 4.79 Å². The highest BCUT2D eigenvalue weighted by Crippen LogP contribution is 2.25. The predicted molar refractivity (Wildman–Crippen MR) is 105 cm³/mol. The standard InChI is InChI=1S/C18H25N3O8S/c1-11-7-16(25)21(11)9-18(2,30(27)28)10-29-17(26)20-19-15(24)6-4-12-3-5-13(22)14(23)8-12/h3,5,8,11,22-23,30H,4,6-7,9-10H2,1-2H3,(H,19,24)(H,20,26)/t11-,18-/m1/s1. The van der Waals surface area contributed by atoms with Crippen molar-refractivity contribution in [2.45, 2.75) is 43.9 Å². The first-order valence-electron chi connectivity index (χ1n) is 9.18. The summed E-state index contributed by atoms with van der Waals surface area (Å²) in [5.41, 5.74) is 4.76. The number of hydrogen-bond acceptors (Lipinski definition) is 8. The number of hydrogen-bond donors (Lipinski definition) is 5. The Morgan fingerprint density at radius 1 is 1.27 bits per heavy atom. The fraction of sp³-hybridized carbons (Fsp3) is 0.500. The van der Waals surface area contributed by atoms with Crippen LogP contribution in [0.3, 0.4) is 0 Å². The molecule has 1 fully saturated rings. The Hall–Kier alpha value is -3.02. The van der Waals surface area contributed by atoms with Gasteiger partial charge in [-0.15, -0.1) is 0 Å². The van der Waals surface area contributed by atoms with Gasteiger partial charge in [-0.05, 0) is 38.0 Å². The molecule has 1 aromatic rings. The van der Waals surface area contributed by atoms with E-state index in [2.05, 4.69) is 5.43 Å². The van der Waals surface area contributed by atoms with Crippen LogP contribution in [-0.4, -0.2) is 65.4 Å². The number of ether oxygens (including phenoxy) is 1. The van der Waals surface area contributed by atoms with Crippen LogP contribution in [0.2, 0.25) is 0 Å². The maximum Gasteiger partial charge on any atom is 0.426 e. The minimum atomic E-state index is -3.00. The lowest BCUT2D eigenvalue weighted by Gasteiger charge is -2.42. The molecule has 0 bridgehead atoms. The van der Waals surface area contributed by atoms with Crippen LogP contribution >= 0.6 is 0 Å². The van der Waals surface area contributed by atoms with Gasteiger partial charge in [0.1, 0.15) is 11.4 Å². The molecule has 2 atom stereocenters. The Bertz CT molecular complexity index is 895. The van der Waals surface area contributed by atoms with Crippen LogP contribution in [0.5, 0.6) is 11.5 Å². The molecule has 1 saturated heterocycles. The Morgan fingerprint density at radius 3 is 2.53 bits per heavy atom. The van der Waals surface area contributed by atoms with E-state index in [9.17, 15) is 33.0 Å². The number of likely N-dealkylation sites (tertiary alicyclic amines) is 1. The highest BCUT2D eigenvalue weighted by atomic mass is 32.2. The summed E-state index contributed by atoms with van der Waals surface area (Å²) in [5, 5.41) is 18.7. The SMILES string of the molecule is C[C@@H]1CC(=O)N1C[C@](C)(COC(=O)NNC(=O)CCc1ccc(O)c(O)c1)[SH](=O)=O. The van der Waals surface area contributed by atoms with Gasteiger partial charge in [0.25, 0.3) is 0 Å². The first-order valence-corrected chi connectivity index (χ1v) is 10.4. The fourth-order valence-electron chi connectivity index (χ4n) is 2.80. The molecule has 166 valence electrons. The van der Waals surface area contributed by atoms with E-state index in [0.717, 1.165) is 0 Å². The molecule has 0 aromatic heterocycles. The summed E-state index contributed by atoms with van der Waals surface area (Å²) >= 11 is 0. The Labute approximate surface area is 174 Å². The van der Waals surface area contributed by atoms with E-state index in [1.165, 1.54) is 24.0 Å². The van der Waals surface area contributed by atoms with Crippen LogP contribution in [0.1, 0.15) is 32.3 Å². The summed E-state index contributed by atoms with van der Waals surface area (Å²) in [5.74, 6) is -1.28. The normalized spacial score (nSPS) is 17.8. The van der Waals surface area contributed by atoms with Crippen molar-refractivity contribution in [1.29, 1.82) is 0 Å². The summed E-state index contributed by atoms with van der Waals surface area (Å²) in [6.45, 7) is 2.58. The van der Waals surface area contributed by atoms with Crippen LogP contribution < -0.4 is 10.9 Å². The Balaban J connectivity index is 1.76. The number of thiol groups is 1. The molecule has 1 aromatic carbocycles. The lowest BCUT2D eigenvalue weighted by atomic mass is 10.0. The number of phenolic OH excluding ortho intramolecular Hbond substituents is 2. The van der Waals surface area contributed by atoms with Gasteiger partial charge < -0.3 is 19.8 Å². The molecule has 0 saturated carbocycles. The number of aryl methyl sites for hydroxylation is 1. The minimum absolute atomic E-state index is 0.0242. The number of benzene rings is 1. The molecule has 1 aliphatic heterocycles. The maximum atomic E-state index is 11.8. The van der Waals surface area contributed by atoms with Crippen molar-refractivity contribution in [2.24, 2.45) is 0 Å². The summed E-state index contributed by atoms with van der Waals surface area (Å²) in [6, 6.07) is 4.08. The number of β-lactam (4-membered cyclic amide) rings is 1. The van der Waals surface area contributed by atoms with Gasteiger partial charge in [0.2, 0.25) is 11.8 Å². The third-order valence-electron chi connectivity index (χ3n) is 4.77. The molecule has 0 spiro atoms. The number of phenols is 2. The molecule has 0 radical (unpaired) electrons. The number of rotatable bonds is 8. The predicted octanol–water partition coefficient (Wildman–Crippen LogP) is -0.221. The van der Waals surface area contributed by atoms with Gasteiger partial charge in [0.05, 0.1) is 0 Å². The number of nitrogens with one attached hydrogen (secondary N) is 2. The van der Waals surface area contributed by atoms with E-state index in [1.807, 2.05) is 5.43 Å². The Kier molecular flexibility index (Phi) is 7.48. The van der Waals surface area contributed by atoms with Crippen molar-refractivity contribution in [3.63, 3.8) is 0 Å². The quantitative estimate of drug-likeness (QED) is 0.159. The van der Waals surface area contributed by atoms with Crippen molar-refractivity contribution >= 4 is 28.6 Å². The summed E-state index contributed by atoms with van der Waals surface area (Å²) < 4.78 is 26.7. The second-order valence-electron chi connectivity index (χ2n) is 7.40. The first-order chi connectivity index (χ1) is 14.0. The van der Waals surface area contributed by atoms with Crippen molar-refractivity contribution in [3.8, 4) is 11.5 Å². The van der Waals surface area contributed by atoms with Gasteiger partial charge >= 0.3 is 6.09 Å². The van der Waals surface area contributed by atoms with E-state index >= 15 is 0 Å². The van der Waals surface area contributed by atoms with E-state index in [4.69, 9.17) is 4.74 Å². The Morgan fingerprint density at radius 2 is 1.97 bits per heavy atom.